The Kier molecular flexibility index (Phi) is 8.57. The molecule has 0 atom stereocenters. The summed E-state index contributed by atoms with van der Waals surface area (Å²) in [4.78, 5) is 23.3. The molecule has 3 aromatic rings. The lowest BCUT2D eigenvalue weighted by Gasteiger charge is -2.31. The number of nitrogens with one attached hydrogen (secondary N) is 2. The van der Waals surface area contributed by atoms with E-state index in [4.69, 9.17) is 0 Å². The van der Waals surface area contributed by atoms with E-state index >= 15 is 0 Å². The van der Waals surface area contributed by atoms with Crippen LogP contribution in [0.1, 0.15) is 47.0 Å². The first-order valence-electron chi connectivity index (χ1n) is 12.2. The summed E-state index contributed by atoms with van der Waals surface area (Å²) < 4.78 is 28.2. The Hall–Kier alpha value is -3.28. The number of carbonyl (C=O) groups excluding carboxylic acids is 1. The standard InChI is InChI=1S/C26H30N4O5S2/c1-2-3-19-4-8-21(9-5-19)28-22-14-16-29(17-15-22)37(34,35)25-13-12-24(36-25)18-27-26(31)20-6-10-23(11-7-20)30(32)33/h4-13,22,28H,2-3,14-18H2,1H3,(H,27,31). The smallest absolute Gasteiger partial charge is 0.269 e. The summed E-state index contributed by atoms with van der Waals surface area (Å²) in [7, 11) is -3.61. The molecular formula is C26H30N4O5S2. The number of carbonyl (C=O) groups is 1. The number of non-ortho nitro benzene ring substituents is 1. The molecule has 2 N–H and O–H groups in total. The topological polar surface area (TPSA) is 122 Å². The van der Waals surface area contributed by atoms with Gasteiger partial charge in [0.2, 0.25) is 0 Å². The fourth-order valence-corrected chi connectivity index (χ4v) is 7.18. The number of nitro benzene ring substituents is 1. The van der Waals surface area contributed by atoms with Gasteiger partial charge in [-0.15, -0.1) is 11.3 Å². The molecule has 1 amide bonds. The van der Waals surface area contributed by atoms with Gasteiger partial charge in [-0.1, -0.05) is 25.5 Å². The van der Waals surface area contributed by atoms with Gasteiger partial charge >= 0.3 is 0 Å². The highest BCUT2D eigenvalue weighted by molar-refractivity contribution is 7.91. The Morgan fingerprint density at radius 2 is 1.73 bits per heavy atom. The number of aryl methyl sites for hydroxylation is 1. The van der Waals surface area contributed by atoms with Crippen molar-refractivity contribution in [2.24, 2.45) is 0 Å². The molecular weight excluding hydrogens is 512 g/mol. The van der Waals surface area contributed by atoms with Gasteiger partial charge in [0, 0.05) is 47.4 Å². The van der Waals surface area contributed by atoms with Gasteiger partial charge in [-0.3, -0.25) is 14.9 Å². The molecule has 0 spiro atoms. The molecule has 0 bridgehead atoms. The lowest BCUT2D eigenvalue weighted by molar-refractivity contribution is -0.384. The van der Waals surface area contributed by atoms with E-state index in [0.717, 1.165) is 42.7 Å². The maximum Gasteiger partial charge on any atom is 0.269 e. The van der Waals surface area contributed by atoms with E-state index in [0.29, 0.717) is 23.5 Å². The third-order valence-corrected chi connectivity index (χ3v) is 9.76. The molecule has 0 saturated carbocycles. The fraction of sp³-hybridized carbons (Fsp3) is 0.346. The second-order valence-corrected chi connectivity index (χ2v) is 12.3. The predicted molar refractivity (Wildman–Crippen MR) is 144 cm³/mol. The fourth-order valence-electron chi connectivity index (χ4n) is 4.26. The van der Waals surface area contributed by atoms with Crippen molar-refractivity contribution in [3.05, 3.63) is 86.8 Å². The zero-order chi connectivity index (χ0) is 26.4. The number of amides is 1. The first-order chi connectivity index (χ1) is 17.8. The van der Waals surface area contributed by atoms with Gasteiger partial charge < -0.3 is 10.6 Å². The van der Waals surface area contributed by atoms with Crippen LogP contribution in [0.2, 0.25) is 0 Å². The highest BCUT2D eigenvalue weighted by Gasteiger charge is 2.30. The van der Waals surface area contributed by atoms with Crippen LogP contribution in [-0.2, 0) is 23.0 Å². The highest BCUT2D eigenvalue weighted by Crippen LogP contribution is 2.28. The molecule has 1 aromatic heterocycles. The number of benzene rings is 2. The van der Waals surface area contributed by atoms with Gasteiger partial charge in [0.1, 0.15) is 4.21 Å². The van der Waals surface area contributed by atoms with Crippen molar-refractivity contribution >= 4 is 38.6 Å². The van der Waals surface area contributed by atoms with E-state index in [-0.39, 0.29) is 28.4 Å². The van der Waals surface area contributed by atoms with Crippen molar-refractivity contribution in [1.82, 2.24) is 9.62 Å². The number of hydrogen-bond donors (Lipinski definition) is 2. The Balaban J connectivity index is 1.28. The number of thiophene rings is 1. The molecule has 2 aromatic carbocycles. The summed E-state index contributed by atoms with van der Waals surface area (Å²) in [5.74, 6) is -0.387. The van der Waals surface area contributed by atoms with Crippen LogP contribution in [0.25, 0.3) is 0 Å². The molecule has 196 valence electrons. The van der Waals surface area contributed by atoms with Crippen LogP contribution in [0.15, 0.2) is 64.9 Å². The van der Waals surface area contributed by atoms with Gasteiger partial charge in [-0.2, -0.15) is 4.31 Å². The van der Waals surface area contributed by atoms with Crippen molar-refractivity contribution in [3.63, 3.8) is 0 Å². The number of nitro groups is 1. The van der Waals surface area contributed by atoms with E-state index in [1.54, 1.807) is 12.1 Å². The zero-order valence-corrected chi connectivity index (χ0v) is 22.2. The largest absolute Gasteiger partial charge is 0.382 e. The second-order valence-electron chi connectivity index (χ2n) is 8.98. The number of nitrogens with zero attached hydrogens (tertiary/aromatic N) is 2. The van der Waals surface area contributed by atoms with Crippen LogP contribution in [0.4, 0.5) is 11.4 Å². The Morgan fingerprint density at radius 1 is 1.05 bits per heavy atom. The number of sulfonamides is 1. The SMILES string of the molecule is CCCc1ccc(NC2CCN(S(=O)(=O)c3ccc(CNC(=O)c4ccc([N+](=O)[O-])cc4)s3)CC2)cc1. The molecule has 9 nitrogen and oxygen atoms in total. The number of piperidine rings is 1. The molecule has 0 aliphatic carbocycles. The summed E-state index contributed by atoms with van der Waals surface area (Å²) in [6.07, 6.45) is 3.62. The average Bonchev–Trinajstić information content (AvgIpc) is 3.39. The van der Waals surface area contributed by atoms with E-state index in [2.05, 4.69) is 41.8 Å². The summed E-state index contributed by atoms with van der Waals surface area (Å²) >= 11 is 1.14. The van der Waals surface area contributed by atoms with Crippen molar-refractivity contribution < 1.29 is 18.1 Å². The van der Waals surface area contributed by atoms with Gasteiger partial charge in [-0.05, 0) is 61.2 Å². The Bertz CT molecular complexity index is 1330. The normalized spacial score (nSPS) is 14.8. The van der Waals surface area contributed by atoms with Crippen LogP contribution >= 0.6 is 11.3 Å². The summed E-state index contributed by atoms with van der Waals surface area (Å²) in [6.45, 7) is 3.21. The first-order valence-corrected chi connectivity index (χ1v) is 14.5. The molecule has 0 unspecified atom stereocenters. The van der Waals surface area contributed by atoms with Crippen molar-refractivity contribution in [3.8, 4) is 0 Å². The molecule has 1 aliphatic heterocycles. The van der Waals surface area contributed by atoms with Gasteiger partial charge in [0.05, 0.1) is 11.5 Å². The van der Waals surface area contributed by atoms with Crippen LogP contribution < -0.4 is 10.6 Å². The maximum absolute atomic E-state index is 13.2. The van der Waals surface area contributed by atoms with Crippen molar-refractivity contribution in [2.75, 3.05) is 18.4 Å². The Labute approximate surface area is 220 Å². The first kappa shape index (κ1) is 26.8. The van der Waals surface area contributed by atoms with Crippen LogP contribution in [0.3, 0.4) is 0 Å². The quantitative estimate of drug-likeness (QED) is 0.280. The number of hydrogen-bond acceptors (Lipinski definition) is 7. The van der Waals surface area contributed by atoms with Gasteiger partial charge in [0.15, 0.2) is 0 Å². The van der Waals surface area contributed by atoms with Crippen LogP contribution in [0.5, 0.6) is 0 Å². The predicted octanol–water partition coefficient (Wildman–Crippen LogP) is 4.80. The third kappa shape index (κ3) is 6.73. The third-order valence-electron chi connectivity index (χ3n) is 6.31. The molecule has 0 radical (unpaired) electrons. The van der Waals surface area contributed by atoms with E-state index in [9.17, 15) is 23.3 Å². The van der Waals surface area contributed by atoms with E-state index in [1.807, 2.05) is 0 Å². The minimum Gasteiger partial charge on any atom is -0.382 e. The lowest BCUT2D eigenvalue weighted by atomic mass is 10.1. The zero-order valence-electron chi connectivity index (χ0n) is 20.6. The Morgan fingerprint density at radius 3 is 2.35 bits per heavy atom. The molecule has 2 heterocycles. The molecule has 11 heteroatoms. The lowest BCUT2D eigenvalue weighted by Crippen LogP contribution is -2.42. The molecule has 1 saturated heterocycles. The number of rotatable bonds is 10. The highest BCUT2D eigenvalue weighted by atomic mass is 32.2. The van der Waals surface area contributed by atoms with Crippen molar-refractivity contribution in [1.29, 1.82) is 0 Å². The van der Waals surface area contributed by atoms with Crippen LogP contribution in [-0.4, -0.2) is 42.7 Å². The summed E-state index contributed by atoms with van der Waals surface area (Å²) in [5, 5.41) is 17.0. The number of anilines is 1. The second kappa shape index (κ2) is 11.8. The molecule has 1 fully saturated rings. The van der Waals surface area contributed by atoms with Gasteiger partial charge in [-0.25, -0.2) is 8.42 Å². The van der Waals surface area contributed by atoms with Crippen LogP contribution in [0, 0.1) is 10.1 Å². The van der Waals surface area contributed by atoms with Crippen molar-refractivity contribution in [2.45, 2.75) is 49.4 Å². The molecule has 37 heavy (non-hydrogen) atoms. The molecule has 4 rings (SSSR count). The van der Waals surface area contributed by atoms with E-state index < -0.39 is 14.9 Å². The maximum atomic E-state index is 13.2. The monoisotopic (exact) mass is 542 g/mol. The minimum absolute atomic E-state index is 0.0921. The minimum atomic E-state index is -3.61. The molecule has 1 aliphatic rings. The average molecular weight is 543 g/mol. The van der Waals surface area contributed by atoms with E-state index in [1.165, 1.54) is 34.1 Å². The summed E-state index contributed by atoms with van der Waals surface area (Å²) in [6, 6.07) is 17.2. The summed E-state index contributed by atoms with van der Waals surface area (Å²) in [5.41, 5.74) is 2.57. The van der Waals surface area contributed by atoms with Gasteiger partial charge in [0.25, 0.3) is 21.6 Å².